The molecule has 0 aromatic carbocycles. The molecule has 0 saturated carbocycles. The molecule has 0 aliphatic rings. The second-order valence-electron chi connectivity index (χ2n) is 4.38. The Labute approximate surface area is 103 Å². The first kappa shape index (κ1) is 13.6. The van der Waals surface area contributed by atoms with Crippen LogP contribution >= 0.6 is 11.8 Å². The van der Waals surface area contributed by atoms with Crippen LogP contribution in [0.5, 0.6) is 0 Å². The highest BCUT2D eigenvalue weighted by Gasteiger charge is 2.13. The lowest BCUT2D eigenvalue weighted by molar-refractivity contribution is 0.470. The number of aryl methyl sites for hydroxylation is 1. The summed E-state index contributed by atoms with van der Waals surface area (Å²) >= 11 is 1.90. The fraction of sp³-hybridized carbons (Fsp3) is 0.750. The van der Waals surface area contributed by atoms with Gasteiger partial charge in [0.15, 0.2) is 0 Å². The van der Waals surface area contributed by atoms with Gasteiger partial charge in [-0.15, -0.1) is 0 Å². The van der Waals surface area contributed by atoms with E-state index in [9.17, 15) is 0 Å². The van der Waals surface area contributed by atoms with Crippen molar-refractivity contribution in [2.45, 2.75) is 39.3 Å². The maximum atomic E-state index is 4.28. The molecular formula is C12H23N3S. The van der Waals surface area contributed by atoms with Crippen molar-refractivity contribution in [2.24, 2.45) is 7.05 Å². The van der Waals surface area contributed by atoms with E-state index in [0.29, 0.717) is 12.1 Å². The lowest BCUT2D eigenvalue weighted by Gasteiger charge is -2.19. The minimum atomic E-state index is 0.380. The van der Waals surface area contributed by atoms with E-state index in [4.69, 9.17) is 0 Å². The van der Waals surface area contributed by atoms with Crippen molar-refractivity contribution in [2.75, 3.05) is 12.0 Å². The van der Waals surface area contributed by atoms with Crippen molar-refractivity contribution in [3.63, 3.8) is 0 Å². The van der Waals surface area contributed by atoms with Gasteiger partial charge in [-0.2, -0.15) is 16.9 Å². The van der Waals surface area contributed by atoms with Crippen molar-refractivity contribution in [1.29, 1.82) is 0 Å². The van der Waals surface area contributed by atoms with E-state index in [2.05, 4.69) is 37.4 Å². The predicted octanol–water partition coefficient (Wildman–Crippen LogP) is 2.52. The number of hydrogen-bond donors (Lipinski definition) is 1. The summed E-state index contributed by atoms with van der Waals surface area (Å²) in [6.45, 7) is 6.57. The summed E-state index contributed by atoms with van der Waals surface area (Å²) in [7, 11) is 1.99. The standard InChI is InChI=1S/C12H23N3S/c1-9(6-7-16-5)14-10(2)12-8-13-15(4)11(12)3/h8-10,14H,6-7H2,1-5H3. The molecule has 0 aliphatic heterocycles. The van der Waals surface area contributed by atoms with E-state index in [0.717, 1.165) is 0 Å². The Bertz CT molecular complexity index is 322. The average molecular weight is 241 g/mol. The third-order valence-corrected chi connectivity index (χ3v) is 3.67. The van der Waals surface area contributed by atoms with Crippen LogP contribution in [0, 0.1) is 6.92 Å². The molecule has 0 aliphatic carbocycles. The Morgan fingerprint density at radius 3 is 2.69 bits per heavy atom. The molecule has 4 heteroatoms. The summed E-state index contributed by atoms with van der Waals surface area (Å²) in [6.07, 6.45) is 5.33. The number of aromatic nitrogens is 2. The molecule has 92 valence electrons. The SMILES string of the molecule is CSCCC(C)NC(C)c1cnn(C)c1C. The summed E-state index contributed by atoms with van der Waals surface area (Å²) in [4.78, 5) is 0. The third kappa shape index (κ3) is 3.52. The normalized spacial score (nSPS) is 15.1. The quantitative estimate of drug-likeness (QED) is 0.830. The summed E-state index contributed by atoms with van der Waals surface area (Å²) in [6, 6.07) is 0.938. The number of rotatable bonds is 6. The van der Waals surface area contributed by atoms with Crippen molar-refractivity contribution < 1.29 is 0 Å². The average Bonchev–Trinajstić information content (AvgIpc) is 2.57. The van der Waals surface area contributed by atoms with Gasteiger partial charge in [-0.1, -0.05) is 0 Å². The molecular weight excluding hydrogens is 218 g/mol. The first-order valence-corrected chi connectivity index (χ1v) is 7.19. The smallest absolute Gasteiger partial charge is 0.0540 e. The monoisotopic (exact) mass is 241 g/mol. The predicted molar refractivity (Wildman–Crippen MR) is 72.0 cm³/mol. The Morgan fingerprint density at radius 2 is 2.19 bits per heavy atom. The lowest BCUT2D eigenvalue weighted by atomic mass is 10.1. The highest BCUT2D eigenvalue weighted by atomic mass is 32.2. The molecule has 0 amide bonds. The number of hydrogen-bond acceptors (Lipinski definition) is 3. The van der Waals surface area contributed by atoms with Gasteiger partial charge < -0.3 is 5.32 Å². The zero-order valence-electron chi connectivity index (χ0n) is 10.9. The van der Waals surface area contributed by atoms with Crippen molar-refractivity contribution in [1.82, 2.24) is 15.1 Å². The number of nitrogens with zero attached hydrogens (tertiary/aromatic N) is 2. The fourth-order valence-corrected chi connectivity index (χ4v) is 2.42. The Morgan fingerprint density at radius 1 is 1.50 bits per heavy atom. The van der Waals surface area contributed by atoms with Gasteiger partial charge in [0.1, 0.15) is 0 Å². The molecule has 1 aromatic heterocycles. The first-order chi connectivity index (χ1) is 7.56. The number of thioether (sulfide) groups is 1. The molecule has 0 fully saturated rings. The summed E-state index contributed by atoms with van der Waals surface area (Å²) in [5.74, 6) is 1.22. The molecule has 3 nitrogen and oxygen atoms in total. The molecule has 0 saturated heterocycles. The van der Waals surface area contributed by atoms with Crippen molar-refractivity contribution >= 4 is 11.8 Å². The van der Waals surface area contributed by atoms with Crippen LogP contribution in [0.2, 0.25) is 0 Å². The van der Waals surface area contributed by atoms with Crippen LogP contribution in [0.15, 0.2) is 6.20 Å². The summed E-state index contributed by atoms with van der Waals surface area (Å²) < 4.78 is 1.93. The Hall–Kier alpha value is -0.480. The van der Waals surface area contributed by atoms with Crippen LogP contribution in [0.1, 0.15) is 37.6 Å². The molecule has 0 spiro atoms. The van der Waals surface area contributed by atoms with Crippen LogP contribution < -0.4 is 5.32 Å². The second-order valence-corrected chi connectivity index (χ2v) is 5.37. The zero-order valence-corrected chi connectivity index (χ0v) is 11.8. The van der Waals surface area contributed by atoms with Gasteiger partial charge in [0.25, 0.3) is 0 Å². The van der Waals surface area contributed by atoms with E-state index >= 15 is 0 Å². The van der Waals surface area contributed by atoms with E-state index in [1.807, 2.05) is 29.7 Å². The lowest BCUT2D eigenvalue weighted by Crippen LogP contribution is -2.29. The Kier molecular flexibility index (Phi) is 5.35. The maximum Gasteiger partial charge on any atom is 0.0540 e. The third-order valence-electron chi connectivity index (χ3n) is 3.03. The minimum absolute atomic E-state index is 0.380. The van der Waals surface area contributed by atoms with Crippen LogP contribution in [-0.2, 0) is 7.05 Å². The minimum Gasteiger partial charge on any atom is -0.308 e. The molecule has 1 rings (SSSR count). The molecule has 2 unspecified atom stereocenters. The maximum absolute atomic E-state index is 4.28. The van der Waals surface area contributed by atoms with E-state index in [-0.39, 0.29) is 0 Å². The van der Waals surface area contributed by atoms with Gasteiger partial charge in [0, 0.05) is 30.4 Å². The van der Waals surface area contributed by atoms with Crippen molar-refractivity contribution in [3.8, 4) is 0 Å². The molecule has 16 heavy (non-hydrogen) atoms. The zero-order chi connectivity index (χ0) is 12.1. The first-order valence-electron chi connectivity index (χ1n) is 5.79. The van der Waals surface area contributed by atoms with Gasteiger partial charge in [0.05, 0.1) is 6.20 Å². The Balaban J connectivity index is 2.52. The summed E-state index contributed by atoms with van der Waals surface area (Å²) in [5, 5.41) is 7.90. The second kappa shape index (κ2) is 6.30. The van der Waals surface area contributed by atoms with E-state index in [1.165, 1.54) is 23.4 Å². The highest BCUT2D eigenvalue weighted by molar-refractivity contribution is 7.98. The largest absolute Gasteiger partial charge is 0.308 e. The molecule has 0 radical (unpaired) electrons. The molecule has 2 atom stereocenters. The van der Waals surface area contributed by atoms with E-state index in [1.54, 1.807) is 0 Å². The van der Waals surface area contributed by atoms with Crippen LogP contribution in [0.25, 0.3) is 0 Å². The van der Waals surface area contributed by atoms with Crippen LogP contribution in [-0.4, -0.2) is 27.8 Å². The molecule has 0 bridgehead atoms. The van der Waals surface area contributed by atoms with Crippen LogP contribution in [0.3, 0.4) is 0 Å². The number of nitrogens with one attached hydrogen (secondary N) is 1. The van der Waals surface area contributed by atoms with Gasteiger partial charge in [-0.3, -0.25) is 4.68 Å². The highest BCUT2D eigenvalue weighted by Crippen LogP contribution is 2.17. The molecule has 1 heterocycles. The van der Waals surface area contributed by atoms with E-state index < -0.39 is 0 Å². The molecule has 1 aromatic rings. The van der Waals surface area contributed by atoms with Gasteiger partial charge in [-0.05, 0) is 39.2 Å². The summed E-state index contributed by atoms with van der Waals surface area (Å²) in [5.41, 5.74) is 2.55. The van der Waals surface area contributed by atoms with Gasteiger partial charge in [-0.25, -0.2) is 0 Å². The fourth-order valence-electron chi connectivity index (χ4n) is 1.84. The van der Waals surface area contributed by atoms with Crippen molar-refractivity contribution in [3.05, 3.63) is 17.5 Å². The topological polar surface area (TPSA) is 29.9 Å². The van der Waals surface area contributed by atoms with Gasteiger partial charge in [0.2, 0.25) is 0 Å². The van der Waals surface area contributed by atoms with Crippen LogP contribution in [0.4, 0.5) is 0 Å². The molecule has 1 N–H and O–H groups in total. The van der Waals surface area contributed by atoms with Gasteiger partial charge >= 0.3 is 0 Å².